The van der Waals surface area contributed by atoms with Gasteiger partial charge < -0.3 is 4.74 Å². The van der Waals surface area contributed by atoms with Crippen molar-refractivity contribution < 1.29 is 4.74 Å². The molecule has 2 heterocycles. The zero-order valence-electron chi connectivity index (χ0n) is 9.61. The topological polar surface area (TPSA) is 12.5 Å². The van der Waals surface area contributed by atoms with E-state index in [9.17, 15) is 0 Å². The summed E-state index contributed by atoms with van der Waals surface area (Å²) in [6.07, 6.45) is 5.57. The number of para-hydroxylation sites is 1. The number of piperidine rings is 1. The first-order valence-electron chi connectivity index (χ1n) is 5.87. The molecule has 1 fully saturated rings. The minimum absolute atomic E-state index is 0.107. The third-order valence-electron chi connectivity index (χ3n) is 3.70. The summed E-state index contributed by atoms with van der Waals surface area (Å²) in [5.74, 6) is 1.11. The highest BCUT2D eigenvalue weighted by Crippen LogP contribution is 2.41. The van der Waals surface area contributed by atoms with Gasteiger partial charge in [0.2, 0.25) is 0 Å². The zero-order valence-corrected chi connectivity index (χ0v) is 10.4. The Morgan fingerprint density at radius 3 is 2.69 bits per heavy atom. The van der Waals surface area contributed by atoms with E-state index >= 15 is 0 Å². The molecule has 0 atom stereocenters. The molecule has 0 bridgehead atoms. The SMILES string of the molecule is CSN1CCC2(CC1)Cc1ccccc1O2. The van der Waals surface area contributed by atoms with Crippen LogP contribution in [0.25, 0.3) is 0 Å². The molecule has 16 heavy (non-hydrogen) atoms. The van der Waals surface area contributed by atoms with Gasteiger partial charge in [-0.3, -0.25) is 4.31 Å². The molecule has 2 aliphatic heterocycles. The summed E-state index contributed by atoms with van der Waals surface area (Å²) >= 11 is 1.85. The van der Waals surface area contributed by atoms with Crippen molar-refractivity contribution >= 4 is 11.9 Å². The largest absolute Gasteiger partial charge is 0.487 e. The van der Waals surface area contributed by atoms with Gasteiger partial charge in [-0.2, -0.15) is 0 Å². The molecule has 2 aliphatic rings. The number of nitrogens with zero attached hydrogens (tertiary/aromatic N) is 1. The number of fused-ring (bicyclic) bond motifs is 1. The van der Waals surface area contributed by atoms with Crippen molar-refractivity contribution in [1.29, 1.82) is 0 Å². The molecule has 1 aromatic rings. The van der Waals surface area contributed by atoms with Gasteiger partial charge in [0.25, 0.3) is 0 Å². The van der Waals surface area contributed by atoms with Crippen LogP contribution in [0.4, 0.5) is 0 Å². The van der Waals surface area contributed by atoms with Gasteiger partial charge in [-0.05, 0) is 17.9 Å². The predicted octanol–water partition coefficient (Wildman–Crippen LogP) is 2.73. The van der Waals surface area contributed by atoms with Crippen LogP contribution in [0.3, 0.4) is 0 Å². The van der Waals surface area contributed by atoms with E-state index in [1.165, 1.54) is 5.56 Å². The molecular weight excluding hydrogens is 218 g/mol. The van der Waals surface area contributed by atoms with E-state index < -0.39 is 0 Å². The Balaban J connectivity index is 1.75. The van der Waals surface area contributed by atoms with Crippen LogP contribution in [0.5, 0.6) is 5.75 Å². The lowest BCUT2D eigenvalue weighted by Gasteiger charge is -2.37. The zero-order chi connectivity index (χ0) is 11.0. The maximum atomic E-state index is 6.19. The smallest absolute Gasteiger partial charge is 0.123 e. The Bertz CT molecular complexity index is 358. The van der Waals surface area contributed by atoms with Crippen molar-refractivity contribution in [2.75, 3.05) is 19.3 Å². The molecule has 0 radical (unpaired) electrons. The van der Waals surface area contributed by atoms with E-state index in [1.54, 1.807) is 0 Å². The quantitative estimate of drug-likeness (QED) is 0.694. The number of rotatable bonds is 1. The van der Waals surface area contributed by atoms with E-state index in [-0.39, 0.29) is 5.60 Å². The van der Waals surface area contributed by atoms with Crippen LogP contribution >= 0.6 is 11.9 Å². The Morgan fingerprint density at radius 2 is 2.00 bits per heavy atom. The van der Waals surface area contributed by atoms with Gasteiger partial charge in [0.1, 0.15) is 11.4 Å². The number of hydrogen-bond donors (Lipinski definition) is 0. The van der Waals surface area contributed by atoms with Crippen LogP contribution in [0.2, 0.25) is 0 Å². The highest BCUT2D eigenvalue weighted by Gasteiger charge is 2.41. The highest BCUT2D eigenvalue weighted by atomic mass is 32.2. The molecule has 1 spiro atoms. The van der Waals surface area contributed by atoms with Crippen molar-refractivity contribution in [1.82, 2.24) is 4.31 Å². The highest BCUT2D eigenvalue weighted by molar-refractivity contribution is 7.96. The van der Waals surface area contributed by atoms with E-state index in [0.717, 1.165) is 38.1 Å². The summed E-state index contributed by atoms with van der Waals surface area (Å²) in [5, 5.41) is 0. The lowest BCUT2D eigenvalue weighted by atomic mass is 9.88. The van der Waals surface area contributed by atoms with Crippen molar-refractivity contribution in [3.8, 4) is 5.75 Å². The molecule has 0 aromatic heterocycles. The molecule has 0 amide bonds. The lowest BCUT2D eigenvalue weighted by molar-refractivity contribution is 0.0430. The Morgan fingerprint density at radius 1 is 1.25 bits per heavy atom. The fourth-order valence-corrected chi connectivity index (χ4v) is 3.27. The van der Waals surface area contributed by atoms with E-state index in [4.69, 9.17) is 4.74 Å². The summed E-state index contributed by atoms with van der Waals surface area (Å²) in [5.41, 5.74) is 1.50. The van der Waals surface area contributed by atoms with Crippen molar-refractivity contribution in [3.05, 3.63) is 29.8 Å². The molecule has 0 N–H and O–H groups in total. The van der Waals surface area contributed by atoms with Gasteiger partial charge >= 0.3 is 0 Å². The van der Waals surface area contributed by atoms with Gasteiger partial charge in [0.05, 0.1) is 0 Å². The van der Waals surface area contributed by atoms with Gasteiger partial charge in [-0.25, -0.2) is 0 Å². The van der Waals surface area contributed by atoms with E-state index in [2.05, 4.69) is 34.8 Å². The average molecular weight is 235 g/mol. The van der Waals surface area contributed by atoms with Crippen LogP contribution < -0.4 is 4.74 Å². The van der Waals surface area contributed by atoms with Crippen molar-refractivity contribution in [2.45, 2.75) is 24.9 Å². The Hall–Kier alpha value is -0.670. The summed E-state index contributed by atoms with van der Waals surface area (Å²) in [4.78, 5) is 0. The molecule has 3 heteroatoms. The predicted molar refractivity (Wildman–Crippen MR) is 67.8 cm³/mol. The normalized spacial score (nSPS) is 23.1. The van der Waals surface area contributed by atoms with Crippen LogP contribution in [-0.2, 0) is 6.42 Å². The second-order valence-electron chi connectivity index (χ2n) is 4.68. The van der Waals surface area contributed by atoms with Crippen molar-refractivity contribution in [2.24, 2.45) is 0 Å². The fraction of sp³-hybridized carbons (Fsp3) is 0.538. The van der Waals surface area contributed by atoms with E-state index in [1.807, 2.05) is 11.9 Å². The first-order chi connectivity index (χ1) is 7.81. The maximum Gasteiger partial charge on any atom is 0.123 e. The summed E-state index contributed by atoms with van der Waals surface area (Å²) < 4.78 is 8.62. The number of benzene rings is 1. The third kappa shape index (κ3) is 1.72. The molecule has 1 saturated heterocycles. The third-order valence-corrected chi connectivity index (χ3v) is 4.59. The van der Waals surface area contributed by atoms with Gasteiger partial charge in [0, 0.05) is 32.4 Å². The minimum atomic E-state index is 0.107. The number of ether oxygens (including phenoxy) is 1. The maximum absolute atomic E-state index is 6.19. The Labute approximate surface area is 101 Å². The monoisotopic (exact) mass is 235 g/mol. The van der Waals surface area contributed by atoms with Crippen LogP contribution in [0.1, 0.15) is 18.4 Å². The molecule has 0 saturated carbocycles. The average Bonchev–Trinajstić information content (AvgIpc) is 2.68. The van der Waals surface area contributed by atoms with E-state index in [0.29, 0.717) is 0 Å². The fourth-order valence-electron chi connectivity index (χ4n) is 2.72. The molecule has 1 aromatic carbocycles. The summed E-state index contributed by atoms with van der Waals surface area (Å²) in [6, 6.07) is 8.48. The number of hydrogen-bond acceptors (Lipinski definition) is 3. The Kier molecular flexibility index (Phi) is 2.60. The lowest BCUT2D eigenvalue weighted by Crippen LogP contribution is -2.45. The molecule has 0 aliphatic carbocycles. The van der Waals surface area contributed by atoms with Crippen molar-refractivity contribution in [3.63, 3.8) is 0 Å². The molecule has 86 valence electrons. The van der Waals surface area contributed by atoms with Crippen LogP contribution in [-0.4, -0.2) is 29.3 Å². The first-order valence-corrected chi connectivity index (χ1v) is 7.05. The second kappa shape index (κ2) is 3.97. The van der Waals surface area contributed by atoms with Gasteiger partial charge in [0.15, 0.2) is 0 Å². The molecular formula is C13H17NOS. The molecule has 2 nitrogen and oxygen atoms in total. The standard InChI is InChI=1S/C13H17NOS/c1-16-14-8-6-13(7-9-14)10-11-4-2-3-5-12(11)15-13/h2-5H,6-10H2,1H3. The van der Waals surface area contributed by atoms with Crippen LogP contribution in [0.15, 0.2) is 24.3 Å². The molecule has 3 rings (SSSR count). The molecule has 0 unspecified atom stereocenters. The summed E-state index contributed by atoms with van der Waals surface area (Å²) in [6.45, 7) is 2.30. The second-order valence-corrected chi connectivity index (χ2v) is 5.56. The first kappa shape index (κ1) is 10.5. The van der Waals surface area contributed by atoms with Crippen LogP contribution in [0, 0.1) is 0 Å². The van der Waals surface area contributed by atoms with Gasteiger partial charge in [-0.15, -0.1) is 0 Å². The minimum Gasteiger partial charge on any atom is -0.487 e. The summed E-state index contributed by atoms with van der Waals surface area (Å²) in [7, 11) is 0. The van der Waals surface area contributed by atoms with Gasteiger partial charge in [-0.1, -0.05) is 30.1 Å².